The van der Waals surface area contributed by atoms with Crippen LogP contribution in [-0.2, 0) is 36.5 Å². The van der Waals surface area contributed by atoms with E-state index in [0.717, 1.165) is 21.0 Å². The van der Waals surface area contributed by atoms with Crippen LogP contribution in [0.4, 0.5) is 0 Å². The highest BCUT2D eigenvalue weighted by atomic mass is 32.2. The van der Waals surface area contributed by atoms with Crippen molar-refractivity contribution in [2.45, 2.75) is 50.0 Å². The molecule has 6 nitrogen and oxygen atoms in total. The number of rotatable bonds is 9. The Morgan fingerprint density at radius 2 is 1.82 bits per heavy atom. The van der Waals surface area contributed by atoms with Crippen molar-refractivity contribution in [3.63, 3.8) is 0 Å². The number of nitrogens with zero attached hydrogens (tertiary/aromatic N) is 2. The van der Waals surface area contributed by atoms with Gasteiger partial charge in [0.2, 0.25) is 0 Å². The fraction of sp³-hybridized carbons (Fsp3) is 0.300. The Morgan fingerprint density at radius 1 is 1.11 bits per heavy atom. The first-order valence-corrected chi connectivity index (χ1v) is 15.3. The quantitative estimate of drug-likeness (QED) is 0.217. The molecule has 0 radical (unpaired) electrons. The van der Waals surface area contributed by atoms with E-state index in [0.29, 0.717) is 22.8 Å². The van der Waals surface area contributed by atoms with Crippen LogP contribution in [0.2, 0.25) is 0 Å². The van der Waals surface area contributed by atoms with E-state index in [1.165, 1.54) is 11.3 Å². The molecule has 200 valence electrons. The van der Waals surface area contributed by atoms with Crippen LogP contribution in [-0.4, -0.2) is 43.6 Å². The van der Waals surface area contributed by atoms with E-state index in [4.69, 9.17) is 9.72 Å². The molecule has 0 bridgehead atoms. The minimum absolute atomic E-state index is 0.245. The molecule has 8 heteroatoms. The van der Waals surface area contributed by atoms with Crippen molar-refractivity contribution in [2.75, 3.05) is 12.9 Å². The largest absolute Gasteiger partial charge is 0.465 e. The summed E-state index contributed by atoms with van der Waals surface area (Å²) < 4.78 is 20.0. The van der Waals surface area contributed by atoms with E-state index in [2.05, 4.69) is 5.87 Å². The Kier molecular flexibility index (Phi) is 7.70. The third-order valence-electron chi connectivity index (χ3n) is 6.40. The number of hydrogen-bond donors (Lipinski definition) is 1. The van der Waals surface area contributed by atoms with E-state index < -0.39 is 20.5 Å². The van der Waals surface area contributed by atoms with Gasteiger partial charge in [-0.15, -0.1) is 11.3 Å². The number of thiophene rings is 1. The van der Waals surface area contributed by atoms with Crippen molar-refractivity contribution >= 4 is 32.7 Å². The lowest BCUT2D eigenvalue weighted by molar-refractivity contribution is -0.149. The summed E-state index contributed by atoms with van der Waals surface area (Å²) in [6.45, 7) is 7.23. The first kappa shape index (κ1) is 27.8. The number of imidazole rings is 1. The smallest absolute Gasteiger partial charge is 0.319 e. The van der Waals surface area contributed by atoms with Gasteiger partial charge in [-0.1, -0.05) is 42.5 Å². The van der Waals surface area contributed by atoms with Crippen molar-refractivity contribution in [1.29, 1.82) is 0 Å². The van der Waals surface area contributed by atoms with Crippen LogP contribution < -0.4 is 0 Å². The molecule has 4 aromatic rings. The molecule has 2 atom stereocenters. The molecule has 2 aromatic carbocycles. The minimum Gasteiger partial charge on any atom is -0.465 e. The highest BCUT2D eigenvalue weighted by Crippen LogP contribution is 2.37. The molecule has 0 aliphatic heterocycles. The Hall–Kier alpha value is -3.20. The number of esters is 1. The highest BCUT2D eigenvalue weighted by molar-refractivity contribution is 7.99. The molecule has 0 saturated heterocycles. The molecule has 0 spiro atoms. The van der Waals surface area contributed by atoms with Crippen LogP contribution in [0.15, 0.2) is 77.8 Å². The van der Waals surface area contributed by atoms with Gasteiger partial charge in [0, 0.05) is 22.2 Å². The Morgan fingerprint density at radius 3 is 2.45 bits per heavy atom. The van der Waals surface area contributed by atoms with Crippen LogP contribution in [0.5, 0.6) is 0 Å². The van der Waals surface area contributed by atoms with Crippen LogP contribution in [0.3, 0.4) is 0 Å². The number of hydrogen-bond acceptors (Lipinski definition) is 6. The molecule has 2 aromatic heterocycles. The predicted octanol–water partition coefficient (Wildman–Crippen LogP) is 5.60. The number of aromatic nitrogens is 2. The fourth-order valence-corrected chi connectivity index (χ4v) is 6.02. The lowest BCUT2D eigenvalue weighted by Crippen LogP contribution is -2.39. The minimum atomic E-state index is -2.35. The number of aliphatic hydroxyl groups is 1. The van der Waals surface area contributed by atoms with Gasteiger partial charge in [0.05, 0.1) is 12.3 Å². The molecule has 0 aliphatic carbocycles. The molecule has 2 unspecified atom stereocenters. The van der Waals surface area contributed by atoms with E-state index in [1.807, 2.05) is 78.2 Å². The van der Waals surface area contributed by atoms with Gasteiger partial charge in [-0.05, 0) is 84.9 Å². The number of carbonyl (C=O) groups excluding carboxylic acids is 1. The molecular weight excluding hydrogens is 516 g/mol. The summed E-state index contributed by atoms with van der Waals surface area (Å²) >= 11 is 1.52. The summed E-state index contributed by atoms with van der Waals surface area (Å²) in [6, 6.07) is 21.3. The summed E-state index contributed by atoms with van der Waals surface area (Å²) in [4.78, 5) is 20.0. The van der Waals surface area contributed by atoms with Crippen LogP contribution in [0.1, 0.15) is 44.8 Å². The van der Waals surface area contributed by atoms with Crippen molar-refractivity contribution in [2.24, 2.45) is 0 Å². The Labute approximate surface area is 229 Å². The normalized spacial score (nSPS) is 15.0. The zero-order valence-electron chi connectivity index (χ0n) is 22.4. The maximum Gasteiger partial charge on any atom is 0.319 e. The topological polar surface area (TPSA) is 81.4 Å². The van der Waals surface area contributed by atoms with E-state index in [1.54, 1.807) is 33.2 Å². The van der Waals surface area contributed by atoms with Gasteiger partial charge >= 0.3 is 5.97 Å². The van der Waals surface area contributed by atoms with Gasteiger partial charge in [-0.2, -0.15) is 0 Å². The lowest BCUT2D eigenvalue weighted by Gasteiger charge is -2.27. The summed E-state index contributed by atoms with van der Waals surface area (Å²) in [5, 5.41) is 11.7. The second-order valence-corrected chi connectivity index (χ2v) is 13.8. The standard InChI is InChI=1S/C30H34N2O4S2/c1-7-36-28(33)30(4,19-21-12-9-8-10-13-21)27-31-25(29(2,3)34)20-32(27)26-17-16-24(37-26)22-14-11-15-23(18-22)38(5,6)35/h8-18,20,34H,5,7,19H2,1-4,6H3. The average Bonchev–Trinajstić information content (AvgIpc) is 3.52. The zero-order valence-corrected chi connectivity index (χ0v) is 24.1. The van der Waals surface area contributed by atoms with E-state index in [9.17, 15) is 14.1 Å². The highest BCUT2D eigenvalue weighted by Gasteiger charge is 2.43. The molecule has 0 aliphatic rings. The average molecular weight is 551 g/mol. The molecule has 0 fully saturated rings. The molecule has 38 heavy (non-hydrogen) atoms. The maximum absolute atomic E-state index is 13.5. The lowest BCUT2D eigenvalue weighted by atomic mass is 9.82. The summed E-state index contributed by atoms with van der Waals surface area (Å²) in [5.74, 6) is 3.92. The van der Waals surface area contributed by atoms with Gasteiger partial charge in [-0.25, -0.2) is 4.98 Å². The van der Waals surface area contributed by atoms with Gasteiger partial charge in [0.25, 0.3) is 0 Å². The van der Waals surface area contributed by atoms with Crippen molar-refractivity contribution < 1.29 is 18.8 Å². The van der Waals surface area contributed by atoms with E-state index in [-0.39, 0.29) is 12.6 Å². The second kappa shape index (κ2) is 10.5. The van der Waals surface area contributed by atoms with Crippen molar-refractivity contribution in [3.05, 3.63) is 90.0 Å². The Bertz CT molecular complexity index is 1550. The second-order valence-electron chi connectivity index (χ2n) is 10.3. The number of ether oxygens (including phenoxy) is 1. The Balaban J connectivity index is 1.87. The summed E-state index contributed by atoms with van der Waals surface area (Å²) in [6.07, 6.45) is 3.80. The van der Waals surface area contributed by atoms with Crippen molar-refractivity contribution in [1.82, 2.24) is 9.55 Å². The molecular formula is C30H34N2O4S2. The molecule has 1 N–H and O–H groups in total. The molecule has 2 heterocycles. The van der Waals surface area contributed by atoms with Crippen LogP contribution in [0.25, 0.3) is 15.4 Å². The monoisotopic (exact) mass is 550 g/mol. The fourth-order valence-electron chi connectivity index (χ4n) is 4.30. The maximum atomic E-state index is 13.5. The number of carbonyl (C=O) groups is 1. The summed E-state index contributed by atoms with van der Waals surface area (Å²) in [5.41, 5.74) is 0.0238. The van der Waals surface area contributed by atoms with Gasteiger partial charge in [0.15, 0.2) is 0 Å². The summed E-state index contributed by atoms with van der Waals surface area (Å²) in [7, 11) is -2.35. The molecule has 0 amide bonds. The first-order valence-electron chi connectivity index (χ1n) is 12.4. The molecule has 4 rings (SSSR count). The third-order valence-corrected chi connectivity index (χ3v) is 8.78. The first-order chi connectivity index (χ1) is 17.8. The van der Waals surface area contributed by atoms with Crippen LogP contribution in [0, 0.1) is 0 Å². The van der Waals surface area contributed by atoms with Gasteiger partial charge in [-0.3, -0.25) is 13.6 Å². The SMILES string of the molecule is C=S(C)(=O)c1cccc(-c2ccc(-n3cc(C(C)(C)O)nc3C(C)(Cc3ccccc3)C(=O)OCC)s2)c1. The van der Waals surface area contributed by atoms with Gasteiger partial charge in [0.1, 0.15) is 21.8 Å². The van der Waals surface area contributed by atoms with Crippen molar-refractivity contribution in [3.8, 4) is 15.4 Å². The van der Waals surface area contributed by atoms with Gasteiger partial charge < -0.3 is 9.84 Å². The third kappa shape index (κ3) is 5.77. The molecule has 0 saturated carbocycles. The van der Waals surface area contributed by atoms with Crippen LogP contribution >= 0.6 is 11.3 Å². The van der Waals surface area contributed by atoms with E-state index >= 15 is 0 Å². The zero-order chi connectivity index (χ0) is 27.7. The predicted molar refractivity (Wildman–Crippen MR) is 156 cm³/mol. The number of benzene rings is 2.